The van der Waals surface area contributed by atoms with Gasteiger partial charge in [-0.25, -0.2) is 0 Å². The molecule has 17 heavy (non-hydrogen) atoms. The van der Waals surface area contributed by atoms with Gasteiger partial charge >= 0.3 is 0 Å². The third kappa shape index (κ3) is 2.92. The van der Waals surface area contributed by atoms with Crippen LogP contribution in [0.15, 0.2) is 48.5 Å². The highest BCUT2D eigenvalue weighted by Gasteiger charge is 2.09. The number of nitrogen functional groups attached to an aromatic ring is 1. The molecule has 0 radical (unpaired) electrons. The van der Waals surface area contributed by atoms with Gasteiger partial charge in [0.2, 0.25) is 0 Å². The zero-order chi connectivity index (χ0) is 12.3. The smallest absolute Gasteiger partial charge is 0.138 e. The molecular formula is C14H14ClNO. The van der Waals surface area contributed by atoms with Crippen molar-refractivity contribution in [1.82, 2.24) is 0 Å². The molecule has 2 aromatic carbocycles. The normalized spacial score (nSPS) is 12.1. The predicted molar refractivity (Wildman–Crippen MR) is 71.3 cm³/mol. The van der Waals surface area contributed by atoms with E-state index in [0.717, 1.165) is 11.3 Å². The Hall–Kier alpha value is -1.67. The number of para-hydroxylation sites is 1. The second-order valence-electron chi connectivity index (χ2n) is 3.86. The molecule has 0 aliphatic rings. The van der Waals surface area contributed by atoms with Gasteiger partial charge in [0.15, 0.2) is 0 Å². The number of rotatable bonds is 3. The van der Waals surface area contributed by atoms with Gasteiger partial charge in [0.1, 0.15) is 11.9 Å². The summed E-state index contributed by atoms with van der Waals surface area (Å²) in [7, 11) is 0. The topological polar surface area (TPSA) is 35.2 Å². The van der Waals surface area contributed by atoms with Crippen molar-refractivity contribution in [3.05, 3.63) is 59.1 Å². The molecule has 2 rings (SSSR count). The molecule has 1 atom stereocenters. The Labute approximate surface area is 106 Å². The lowest BCUT2D eigenvalue weighted by Crippen LogP contribution is -2.03. The summed E-state index contributed by atoms with van der Waals surface area (Å²) in [5.74, 6) is 0.684. The molecule has 0 spiro atoms. The van der Waals surface area contributed by atoms with Crippen molar-refractivity contribution in [3.63, 3.8) is 0 Å². The van der Waals surface area contributed by atoms with Gasteiger partial charge in [-0.3, -0.25) is 0 Å². The Bertz CT molecular complexity index is 513. The summed E-state index contributed by atoms with van der Waals surface area (Å²) in [6, 6.07) is 15.1. The first-order valence-corrected chi connectivity index (χ1v) is 5.81. The number of benzene rings is 2. The van der Waals surface area contributed by atoms with Crippen molar-refractivity contribution in [1.29, 1.82) is 0 Å². The van der Waals surface area contributed by atoms with E-state index in [1.165, 1.54) is 0 Å². The average molecular weight is 248 g/mol. The molecule has 0 amide bonds. The van der Waals surface area contributed by atoms with Gasteiger partial charge in [0.25, 0.3) is 0 Å². The van der Waals surface area contributed by atoms with Crippen LogP contribution in [0.1, 0.15) is 18.6 Å². The van der Waals surface area contributed by atoms with Crippen molar-refractivity contribution in [2.75, 3.05) is 5.73 Å². The Morgan fingerprint density at radius 1 is 1.12 bits per heavy atom. The monoisotopic (exact) mass is 247 g/mol. The molecule has 88 valence electrons. The minimum atomic E-state index is -0.0848. The molecule has 0 saturated carbocycles. The molecule has 3 heteroatoms. The van der Waals surface area contributed by atoms with Crippen LogP contribution in [-0.4, -0.2) is 0 Å². The number of anilines is 1. The maximum Gasteiger partial charge on any atom is 0.138 e. The maximum absolute atomic E-state index is 6.04. The van der Waals surface area contributed by atoms with E-state index in [0.29, 0.717) is 10.8 Å². The average Bonchev–Trinajstić information content (AvgIpc) is 2.32. The highest BCUT2D eigenvalue weighted by Crippen LogP contribution is 2.28. The Morgan fingerprint density at radius 2 is 1.88 bits per heavy atom. The van der Waals surface area contributed by atoms with Crippen LogP contribution in [0.4, 0.5) is 5.69 Å². The molecule has 0 aliphatic carbocycles. The molecule has 2 nitrogen and oxygen atoms in total. The lowest BCUT2D eigenvalue weighted by atomic mass is 10.1. The number of hydrogen-bond acceptors (Lipinski definition) is 2. The Morgan fingerprint density at radius 3 is 2.59 bits per heavy atom. The van der Waals surface area contributed by atoms with Crippen LogP contribution in [0.25, 0.3) is 0 Å². The number of halogens is 1. The second kappa shape index (κ2) is 5.11. The SMILES string of the molecule is CC(Oc1ccccc1Cl)c1cccc(N)c1. The molecular weight excluding hydrogens is 234 g/mol. The third-order valence-corrected chi connectivity index (χ3v) is 2.83. The summed E-state index contributed by atoms with van der Waals surface area (Å²) >= 11 is 6.04. The molecule has 0 aliphatic heterocycles. The van der Waals surface area contributed by atoms with Crippen molar-refractivity contribution >= 4 is 17.3 Å². The summed E-state index contributed by atoms with van der Waals surface area (Å²) in [6.07, 6.45) is -0.0848. The zero-order valence-electron chi connectivity index (χ0n) is 9.56. The summed E-state index contributed by atoms with van der Waals surface area (Å²) < 4.78 is 5.80. The molecule has 1 unspecified atom stereocenters. The molecule has 0 aromatic heterocycles. The van der Waals surface area contributed by atoms with Crippen molar-refractivity contribution in [3.8, 4) is 5.75 Å². The second-order valence-corrected chi connectivity index (χ2v) is 4.27. The first-order chi connectivity index (χ1) is 8.16. The standard InChI is InChI=1S/C14H14ClNO/c1-10(11-5-4-6-12(16)9-11)17-14-8-3-2-7-13(14)15/h2-10H,16H2,1H3. The van der Waals surface area contributed by atoms with Gasteiger partial charge in [-0.2, -0.15) is 0 Å². The maximum atomic E-state index is 6.04. The van der Waals surface area contributed by atoms with E-state index in [1.807, 2.05) is 55.5 Å². The van der Waals surface area contributed by atoms with E-state index < -0.39 is 0 Å². The first-order valence-electron chi connectivity index (χ1n) is 5.43. The summed E-state index contributed by atoms with van der Waals surface area (Å²) in [5, 5.41) is 0.614. The third-order valence-electron chi connectivity index (χ3n) is 2.52. The largest absolute Gasteiger partial charge is 0.484 e. The fraction of sp³-hybridized carbons (Fsp3) is 0.143. The number of ether oxygens (including phenoxy) is 1. The predicted octanol–water partition coefficient (Wildman–Crippen LogP) is 4.06. The van der Waals surface area contributed by atoms with E-state index in [9.17, 15) is 0 Å². The Balaban J connectivity index is 2.17. The van der Waals surface area contributed by atoms with Crippen molar-refractivity contribution < 1.29 is 4.74 Å². The highest BCUT2D eigenvalue weighted by molar-refractivity contribution is 6.32. The minimum absolute atomic E-state index is 0.0848. The van der Waals surface area contributed by atoms with Crippen molar-refractivity contribution in [2.45, 2.75) is 13.0 Å². The lowest BCUT2D eigenvalue weighted by Gasteiger charge is -2.16. The van der Waals surface area contributed by atoms with Crippen LogP contribution in [0.5, 0.6) is 5.75 Å². The van der Waals surface area contributed by atoms with Gasteiger partial charge in [0.05, 0.1) is 5.02 Å². The summed E-state index contributed by atoms with van der Waals surface area (Å²) in [5.41, 5.74) is 7.50. The fourth-order valence-corrected chi connectivity index (χ4v) is 1.79. The van der Waals surface area contributed by atoms with Crippen LogP contribution in [0.3, 0.4) is 0 Å². The van der Waals surface area contributed by atoms with E-state index in [1.54, 1.807) is 0 Å². The molecule has 0 saturated heterocycles. The fourth-order valence-electron chi connectivity index (χ4n) is 1.61. The minimum Gasteiger partial charge on any atom is -0.484 e. The first kappa shape index (κ1) is 11.8. The quantitative estimate of drug-likeness (QED) is 0.830. The van der Waals surface area contributed by atoms with E-state index in [4.69, 9.17) is 22.1 Å². The summed E-state index contributed by atoms with van der Waals surface area (Å²) in [6.45, 7) is 1.97. The molecule has 0 fully saturated rings. The van der Waals surface area contributed by atoms with Gasteiger partial charge < -0.3 is 10.5 Å². The van der Waals surface area contributed by atoms with Crippen LogP contribution in [-0.2, 0) is 0 Å². The Kier molecular flexibility index (Phi) is 3.55. The van der Waals surface area contributed by atoms with Crippen molar-refractivity contribution in [2.24, 2.45) is 0 Å². The van der Waals surface area contributed by atoms with Gasteiger partial charge in [0, 0.05) is 5.69 Å². The molecule has 0 bridgehead atoms. The number of nitrogens with two attached hydrogens (primary N) is 1. The highest BCUT2D eigenvalue weighted by atomic mass is 35.5. The van der Waals surface area contributed by atoms with Crippen LogP contribution >= 0.6 is 11.6 Å². The van der Waals surface area contributed by atoms with E-state index >= 15 is 0 Å². The van der Waals surface area contributed by atoms with Crippen LogP contribution in [0, 0.1) is 0 Å². The molecule has 0 heterocycles. The van der Waals surface area contributed by atoms with Gasteiger partial charge in [-0.05, 0) is 36.8 Å². The lowest BCUT2D eigenvalue weighted by molar-refractivity contribution is 0.227. The van der Waals surface area contributed by atoms with Gasteiger partial charge in [-0.1, -0.05) is 35.9 Å². The van der Waals surface area contributed by atoms with Crippen LogP contribution in [0.2, 0.25) is 5.02 Å². The van der Waals surface area contributed by atoms with E-state index in [2.05, 4.69) is 0 Å². The zero-order valence-corrected chi connectivity index (χ0v) is 10.3. The summed E-state index contributed by atoms with van der Waals surface area (Å²) in [4.78, 5) is 0. The van der Waals surface area contributed by atoms with Crippen LogP contribution < -0.4 is 10.5 Å². The number of hydrogen-bond donors (Lipinski definition) is 1. The molecule has 2 N–H and O–H groups in total. The van der Waals surface area contributed by atoms with E-state index in [-0.39, 0.29) is 6.10 Å². The molecule has 2 aromatic rings. The van der Waals surface area contributed by atoms with Gasteiger partial charge in [-0.15, -0.1) is 0 Å².